The Balaban J connectivity index is 2.80. The molecule has 0 spiro atoms. The number of hydrogen-bond donors (Lipinski definition) is 5. The van der Waals surface area contributed by atoms with Crippen molar-refractivity contribution in [1.82, 2.24) is 0 Å². The zero-order chi connectivity index (χ0) is 9.52. The Morgan fingerprint density at radius 3 is 2.17 bits per heavy atom. The fraction of sp³-hybridized carbons (Fsp3) is 1.00. The molecule has 72 valence electrons. The van der Waals surface area contributed by atoms with Crippen molar-refractivity contribution < 1.29 is 30.3 Å². The highest BCUT2D eigenvalue weighted by molar-refractivity contribution is 4.91. The van der Waals surface area contributed by atoms with Crippen LogP contribution < -0.4 is 0 Å². The van der Waals surface area contributed by atoms with Gasteiger partial charge in [-0.2, -0.15) is 0 Å². The first-order valence-corrected chi connectivity index (χ1v) is 3.51. The summed E-state index contributed by atoms with van der Waals surface area (Å²) in [5.74, 6) is -2.81. The van der Waals surface area contributed by atoms with Gasteiger partial charge in [0.05, 0.1) is 6.10 Å². The first-order valence-electron chi connectivity index (χ1n) is 3.51. The third-order valence-corrected chi connectivity index (χ3v) is 1.95. The van der Waals surface area contributed by atoms with E-state index >= 15 is 0 Å². The Morgan fingerprint density at radius 1 is 1.17 bits per heavy atom. The number of hydrogen-bond acceptors (Lipinski definition) is 6. The van der Waals surface area contributed by atoms with Gasteiger partial charge >= 0.3 is 0 Å². The standard InChI is InChI=1S/C6H12O6/c1-2-3(7)4(8)6(10,11)5(9)12-2/h2-5,7-11H,1H3/t2?,3-,4-,5+/m1/s1. The summed E-state index contributed by atoms with van der Waals surface area (Å²) in [6.07, 6.45) is -6.02. The molecule has 0 aromatic heterocycles. The number of aliphatic hydroxyl groups excluding tert-OH is 3. The molecule has 6 nitrogen and oxygen atoms in total. The lowest BCUT2D eigenvalue weighted by molar-refractivity contribution is -0.391. The van der Waals surface area contributed by atoms with Crippen LogP contribution in [0.2, 0.25) is 0 Å². The Kier molecular flexibility index (Phi) is 2.39. The Hall–Kier alpha value is -0.240. The van der Waals surface area contributed by atoms with E-state index in [4.69, 9.17) is 25.5 Å². The van der Waals surface area contributed by atoms with Gasteiger partial charge in [-0.3, -0.25) is 0 Å². The lowest BCUT2D eigenvalue weighted by atomic mass is 9.97. The van der Waals surface area contributed by atoms with Crippen LogP contribution in [0.25, 0.3) is 0 Å². The first kappa shape index (κ1) is 9.85. The average Bonchev–Trinajstić information content (AvgIpc) is 1.99. The Morgan fingerprint density at radius 2 is 1.67 bits per heavy atom. The van der Waals surface area contributed by atoms with Gasteiger partial charge in [-0.05, 0) is 6.92 Å². The molecule has 1 unspecified atom stereocenters. The molecule has 1 aliphatic heterocycles. The zero-order valence-electron chi connectivity index (χ0n) is 6.45. The topological polar surface area (TPSA) is 110 Å². The third-order valence-electron chi connectivity index (χ3n) is 1.95. The maximum Gasteiger partial charge on any atom is 0.245 e. The molecule has 1 rings (SSSR count). The minimum absolute atomic E-state index is 0.845. The van der Waals surface area contributed by atoms with E-state index in [0.717, 1.165) is 0 Å². The molecule has 4 atom stereocenters. The highest BCUT2D eigenvalue weighted by atomic mass is 16.7. The summed E-state index contributed by atoms with van der Waals surface area (Å²) < 4.78 is 4.53. The number of ether oxygens (including phenoxy) is 1. The fourth-order valence-corrected chi connectivity index (χ4v) is 1.04. The maximum atomic E-state index is 9.09. The summed E-state index contributed by atoms with van der Waals surface area (Å²) in [6, 6.07) is 0. The van der Waals surface area contributed by atoms with E-state index in [9.17, 15) is 0 Å². The summed E-state index contributed by atoms with van der Waals surface area (Å²) in [7, 11) is 0. The summed E-state index contributed by atoms with van der Waals surface area (Å²) in [4.78, 5) is 0. The zero-order valence-corrected chi connectivity index (χ0v) is 6.45. The smallest absolute Gasteiger partial charge is 0.245 e. The highest BCUT2D eigenvalue weighted by Crippen LogP contribution is 2.25. The van der Waals surface area contributed by atoms with Gasteiger partial charge in [-0.15, -0.1) is 0 Å². The van der Waals surface area contributed by atoms with Crippen LogP contribution in [0.3, 0.4) is 0 Å². The highest BCUT2D eigenvalue weighted by Gasteiger charge is 2.52. The third kappa shape index (κ3) is 1.33. The molecular formula is C6H12O6. The lowest BCUT2D eigenvalue weighted by Crippen LogP contribution is -2.65. The van der Waals surface area contributed by atoms with Crippen LogP contribution in [0.1, 0.15) is 6.92 Å². The predicted octanol–water partition coefficient (Wildman–Crippen LogP) is -2.87. The van der Waals surface area contributed by atoms with Crippen molar-refractivity contribution in [1.29, 1.82) is 0 Å². The van der Waals surface area contributed by atoms with E-state index < -0.39 is 30.4 Å². The van der Waals surface area contributed by atoms with Gasteiger partial charge in [0.25, 0.3) is 0 Å². The molecule has 0 saturated carbocycles. The molecule has 6 heteroatoms. The monoisotopic (exact) mass is 180 g/mol. The van der Waals surface area contributed by atoms with Gasteiger partial charge in [0.15, 0.2) is 0 Å². The van der Waals surface area contributed by atoms with E-state index in [2.05, 4.69) is 4.74 Å². The molecule has 1 aliphatic rings. The van der Waals surface area contributed by atoms with Crippen molar-refractivity contribution in [2.75, 3.05) is 0 Å². The van der Waals surface area contributed by atoms with E-state index in [1.807, 2.05) is 0 Å². The van der Waals surface area contributed by atoms with Crippen LogP contribution in [-0.2, 0) is 4.74 Å². The van der Waals surface area contributed by atoms with Crippen LogP contribution in [0, 0.1) is 0 Å². The molecule has 1 saturated heterocycles. The quantitative estimate of drug-likeness (QED) is 0.256. The minimum Gasteiger partial charge on any atom is -0.387 e. The minimum atomic E-state index is -2.81. The maximum absolute atomic E-state index is 9.09. The van der Waals surface area contributed by atoms with Crippen molar-refractivity contribution in [3.63, 3.8) is 0 Å². The number of aliphatic hydroxyl groups is 5. The van der Waals surface area contributed by atoms with Gasteiger partial charge in [-0.25, -0.2) is 0 Å². The van der Waals surface area contributed by atoms with Crippen LogP contribution in [0.15, 0.2) is 0 Å². The van der Waals surface area contributed by atoms with Gasteiger partial charge in [0.1, 0.15) is 12.2 Å². The molecule has 12 heavy (non-hydrogen) atoms. The average molecular weight is 180 g/mol. The molecule has 0 aliphatic carbocycles. The van der Waals surface area contributed by atoms with Gasteiger partial charge in [-0.1, -0.05) is 0 Å². The molecular weight excluding hydrogens is 168 g/mol. The molecule has 1 fully saturated rings. The van der Waals surface area contributed by atoms with Gasteiger partial charge < -0.3 is 30.3 Å². The normalized spacial score (nSPS) is 47.5. The second kappa shape index (κ2) is 2.91. The molecule has 5 N–H and O–H groups in total. The first-order chi connectivity index (χ1) is 5.37. The van der Waals surface area contributed by atoms with E-state index in [1.165, 1.54) is 6.92 Å². The van der Waals surface area contributed by atoms with Crippen LogP contribution in [0.5, 0.6) is 0 Å². The summed E-state index contributed by atoms with van der Waals surface area (Å²) in [5, 5.41) is 45.0. The molecule has 0 radical (unpaired) electrons. The van der Waals surface area contributed by atoms with Crippen molar-refractivity contribution in [3.05, 3.63) is 0 Å². The SMILES string of the molecule is CC1O[C@H](O)C(O)(O)[C@H](O)[C@@H]1O. The van der Waals surface area contributed by atoms with Crippen molar-refractivity contribution in [2.24, 2.45) is 0 Å². The van der Waals surface area contributed by atoms with Crippen molar-refractivity contribution >= 4 is 0 Å². The molecule has 0 amide bonds. The van der Waals surface area contributed by atoms with Crippen LogP contribution >= 0.6 is 0 Å². The molecule has 1 heterocycles. The van der Waals surface area contributed by atoms with Crippen LogP contribution in [-0.4, -0.2) is 55.9 Å². The fourth-order valence-electron chi connectivity index (χ4n) is 1.04. The number of rotatable bonds is 0. The van der Waals surface area contributed by atoms with Crippen LogP contribution in [0.4, 0.5) is 0 Å². The Labute approximate surface area is 68.6 Å². The summed E-state index contributed by atoms with van der Waals surface area (Å²) in [6.45, 7) is 1.40. The lowest BCUT2D eigenvalue weighted by Gasteiger charge is -2.41. The molecule has 0 bridgehead atoms. The van der Waals surface area contributed by atoms with Gasteiger partial charge in [0.2, 0.25) is 12.1 Å². The summed E-state index contributed by atoms with van der Waals surface area (Å²) in [5.41, 5.74) is 0. The second-order valence-electron chi connectivity index (χ2n) is 2.91. The van der Waals surface area contributed by atoms with Crippen molar-refractivity contribution in [2.45, 2.75) is 37.3 Å². The van der Waals surface area contributed by atoms with E-state index in [1.54, 1.807) is 0 Å². The summed E-state index contributed by atoms with van der Waals surface area (Å²) >= 11 is 0. The van der Waals surface area contributed by atoms with Crippen molar-refractivity contribution in [3.8, 4) is 0 Å². The van der Waals surface area contributed by atoms with Gasteiger partial charge in [0, 0.05) is 0 Å². The largest absolute Gasteiger partial charge is 0.387 e. The molecule has 0 aromatic rings. The predicted molar refractivity (Wildman–Crippen MR) is 35.7 cm³/mol. The Bertz CT molecular complexity index is 169. The molecule has 0 aromatic carbocycles. The second-order valence-corrected chi connectivity index (χ2v) is 2.91. The van der Waals surface area contributed by atoms with E-state index in [0.29, 0.717) is 0 Å². The van der Waals surface area contributed by atoms with E-state index in [-0.39, 0.29) is 0 Å².